The quantitative estimate of drug-likeness (QED) is 0.438. The van der Waals surface area contributed by atoms with Crippen LogP contribution in [0.2, 0.25) is 10.4 Å². The summed E-state index contributed by atoms with van der Waals surface area (Å²) in [7, 11) is 0. The molecule has 1 heterocycles. The molecule has 0 aromatic carbocycles. The summed E-state index contributed by atoms with van der Waals surface area (Å²) in [5, 5.41) is 0.544. The van der Waals surface area contributed by atoms with Crippen LogP contribution in [0.4, 0.5) is 4.70 Å². The summed E-state index contributed by atoms with van der Waals surface area (Å²) in [5.41, 5.74) is 0. The Balaban J connectivity index is 0.000000640. The average Bonchev–Trinajstić information content (AvgIpc) is 1.64. The third kappa shape index (κ3) is 2.58. The second kappa shape index (κ2) is 3.58. The highest BCUT2D eigenvalue weighted by atomic mass is 35.5. The molecule has 1 rings (SSSR count). The summed E-state index contributed by atoms with van der Waals surface area (Å²) in [6.45, 7) is 0. The maximum Gasteiger partial charge on any atom is 0.223 e. The van der Waals surface area contributed by atoms with Gasteiger partial charge in [-0.1, -0.05) is 11.6 Å². The van der Waals surface area contributed by atoms with Crippen LogP contribution in [0.5, 0.6) is 0 Å². The number of aromatic nitrogens is 2. The van der Waals surface area contributed by atoms with E-state index in [4.69, 9.17) is 23.2 Å². The molecule has 0 fully saturated rings. The van der Waals surface area contributed by atoms with Gasteiger partial charge in [0.25, 0.3) is 0 Å². The Hall–Kier alpha value is -0.410. The third-order valence-electron chi connectivity index (χ3n) is 0.592. The van der Waals surface area contributed by atoms with E-state index in [9.17, 15) is 0 Å². The van der Waals surface area contributed by atoms with Crippen LogP contribution in [0.15, 0.2) is 12.3 Å². The number of rotatable bonds is 0. The van der Waals surface area contributed by atoms with Gasteiger partial charge in [-0.3, -0.25) is 4.70 Å². The highest BCUT2D eigenvalue weighted by Crippen LogP contribution is 2.04. The van der Waals surface area contributed by atoms with E-state index < -0.39 is 0 Å². The SMILES string of the molecule is Clc1ccnc(Cl)n1.F. The molecule has 9 heavy (non-hydrogen) atoms. The number of hydrogen-bond acceptors (Lipinski definition) is 2. The fraction of sp³-hybridized carbons (Fsp3) is 0. The van der Waals surface area contributed by atoms with Crippen molar-refractivity contribution < 1.29 is 4.70 Å². The number of nitrogens with zero attached hydrogens (tertiary/aromatic N) is 2. The van der Waals surface area contributed by atoms with E-state index in [0.717, 1.165) is 0 Å². The summed E-state index contributed by atoms with van der Waals surface area (Å²) in [4.78, 5) is 7.20. The van der Waals surface area contributed by atoms with Crippen LogP contribution < -0.4 is 0 Å². The molecule has 0 radical (unpaired) electrons. The first-order valence-electron chi connectivity index (χ1n) is 1.93. The van der Waals surface area contributed by atoms with Crippen molar-refractivity contribution in [3.63, 3.8) is 0 Å². The van der Waals surface area contributed by atoms with E-state index in [1.807, 2.05) is 0 Å². The van der Waals surface area contributed by atoms with Gasteiger partial charge in [0, 0.05) is 6.20 Å². The maximum absolute atomic E-state index is 5.41. The van der Waals surface area contributed by atoms with Crippen molar-refractivity contribution in [3.8, 4) is 0 Å². The Morgan fingerprint density at radius 3 is 2.33 bits per heavy atom. The molecule has 0 saturated carbocycles. The molecule has 0 aliphatic heterocycles. The zero-order valence-electron chi connectivity index (χ0n) is 4.21. The molecule has 0 saturated heterocycles. The summed E-state index contributed by atoms with van der Waals surface area (Å²) < 4.78 is 0. The monoisotopic (exact) mass is 168 g/mol. The first-order chi connectivity index (χ1) is 3.79. The lowest BCUT2D eigenvalue weighted by atomic mass is 10.7. The van der Waals surface area contributed by atoms with Crippen LogP contribution >= 0.6 is 23.2 Å². The smallest absolute Gasteiger partial charge is 0.223 e. The van der Waals surface area contributed by atoms with Crippen LogP contribution in [0.1, 0.15) is 0 Å². The van der Waals surface area contributed by atoms with Gasteiger partial charge in [0.15, 0.2) is 0 Å². The van der Waals surface area contributed by atoms with Crippen molar-refractivity contribution in [1.82, 2.24) is 9.97 Å². The molecule has 2 nitrogen and oxygen atoms in total. The lowest BCUT2D eigenvalue weighted by molar-refractivity contribution is 1.11. The van der Waals surface area contributed by atoms with Gasteiger partial charge >= 0.3 is 0 Å². The molecule has 0 unspecified atom stereocenters. The predicted molar refractivity (Wildman–Crippen MR) is 34.6 cm³/mol. The molecule has 5 heteroatoms. The third-order valence-corrected chi connectivity index (χ3v) is 0.985. The Bertz CT molecular complexity index is 176. The lowest BCUT2D eigenvalue weighted by Crippen LogP contribution is -1.77. The van der Waals surface area contributed by atoms with Crippen LogP contribution in [0.25, 0.3) is 0 Å². The maximum atomic E-state index is 5.41. The number of halogens is 3. The normalized spacial score (nSPS) is 8.22. The Morgan fingerprint density at radius 1 is 1.33 bits per heavy atom. The van der Waals surface area contributed by atoms with Gasteiger partial charge in [0.2, 0.25) is 5.28 Å². The van der Waals surface area contributed by atoms with Gasteiger partial charge in [0.1, 0.15) is 5.15 Å². The second-order valence-electron chi connectivity index (χ2n) is 1.15. The molecular weight excluding hydrogens is 166 g/mol. The van der Waals surface area contributed by atoms with Gasteiger partial charge in [-0.2, -0.15) is 0 Å². The van der Waals surface area contributed by atoms with Crippen molar-refractivity contribution in [1.29, 1.82) is 0 Å². The van der Waals surface area contributed by atoms with Crippen molar-refractivity contribution in [2.45, 2.75) is 0 Å². The highest BCUT2D eigenvalue weighted by molar-refractivity contribution is 6.31. The van der Waals surface area contributed by atoms with Gasteiger partial charge in [-0.15, -0.1) is 0 Å². The molecule has 1 aromatic rings. The van der Waals surface area contributed by atoms with Gasteiger partial charge in [0.05, 0.1) is 0 Å². The fourth-order valence-corrected chi connectivity index (χ4v) is 0.642. The van der Waals surface area contributed by atoms with Crippen molar-refractivity contribution >= 4 is 23.2 Å². The van der Waals surface area contributed by atoms with Gasteiger partial charge in [-0.25, -0.2) is 9.97 Å². The molecule has 0 atom stereocenters. The molecular formula is C4H3Cl2FN2. The van der Waals surface area contributed by atoms with E-state index in [2.05, 4.69) is 9.97 Å². The summed E-state index contributed by atoms with van der Waals surface area (Å²) in [6, 6.07) is 1.56. The molecule has 0 spiro atoms. The molecule has 0 aliphatic rings. The Morgan fingerprint density at radius 2 is 2.00 bits per heavy atom. The topological polar surface area (TPSA) is 25.8 Å². The van der Waals surface area contributed by atoms with E-state index >= 15 is 0 Å². The first-order valence-corrected chi connectivity index (χ1v) is 2.68. The Kier molecular flexibility index (Phi) is 3.42. The van der Waals surface area contributed by atoms with Crippen LogP contribution in [0, 0.1) is 0 Å². The molecule has 0 bridgehead atoms. The molecule has 0 N–H and O–H groups in total. The Labute approximate surface area is 61.2 Å². The molecule has 0 amide bonds. The van der Waals surface area contributed by atoms with Crippen LogP contribution in [-0.2, 0) is 0 Å². The number of hydrogen-bond donors (Lipinski definition) is 0. The second-order valence-corrected chi connectivity index (χ2v) is 1.87. The first kappa shape index (κ1) is 8.59. The fourth-order valence-electron chi connectivity index (χ4n) is 0.315. The predicted octanol–water partition coefficient (Wildman–Crippen LogP) is 1.94. The highest BCUT2D eigenvalue weighted by Gasteiger charge is 1.88. The minimum Gasteiger partial charge on any atom is -0.269 e. The van der Waals surface area contributed by atoms with Gasteiger partial charge in [-0.05, 0) is 17.7 Å². The van der Waals surface area contributed by atoms with Crippen LogP contribution in [-0.4, -0.2) is 9.97 Å². The molecule has 50 valence electrons. The molecule has 0 aliphatic carbocycles. The lowest BCUT2D eigenvalue weighted by Gasteiger charge is -1.85. The van der Waals surface area contributed by atoms with E-state index in [-0.39, 0.29) is 9.99 Å². The molecule has 1 aromatic heterocycles. The summed E-state index contributed by atoms with van der Waals surface area (Å²) in [6.07, 6.45) is 1.50. The van der Waals surface area contributed by atoms with Crippen molar-refractivity contribution in [3.05, 3.63) is 22.7 Å². The summed E-state index contributed by atoms with van der Waals surface area (Å²) in [5.74, 6) is 0. The summed E-state index contributed by atoms with van der Waals surface area (Å²) >= 11 is 10.7. The zero-order valence-corrected chi connectivity index (χ0v) is 5.73. The van der Waals surface area contributed by atoms with Crippen LogP contribution in [0.3, 0.4) is 0 Å². The minimum atomic E-state index is 0. The van der Waals surface area contributed by atoms with E-state index in [1.165, 1.54) is 6.20 Å². The standard InChI is InChI=1S/C4H2Cl2N2.FH/c5-3-1-2-7-4(6)8-3;/h1-2H;1H. The van der Waals surface area contributed by atoms with Gasteiger partial charge < -0.3 is 0 Å². The zero-order chi connectivity index (χ0) is 5.98. The minimum absolute atomic E-state index is 0. The largest absolute Gasteiger partial charge is 0.269 e. The van der Waals surface area contributed by atoms with E-state index in [1.54, 1.807) is 6.07 Å². The van der Waals surface area contributed by atoms with Crippen molar-refractivity contribution in [2.24, 2.45) is 0 Å². The van der Waals surface area contributed by atoms with E-state index in [0.29, 0.717) is 5.15 Å². The average molecular weight is 169 g/mol. The van der Waals surface area contributed by atoms with Crippen molar-refractivity contribution in [2.75, 3.05) is 0 Å².